The van der Waals surface area contributed by atoms with E-state index >= 15 is 4.39 Å². The zero-order valence-electron chi connectivity index (χ0n) is 22.3. The maximum atomic E-state index is 16.4. The minimum absolute atomic E-state index is 0.0316. The smallest absolute Gasteiger partial charge is 0.187 e. The number of nitrogens with zero attached hydrogens (tertiary/aromatic N) is 9. The summed E-state index contributed by atoms with van der Waals surface area (Å²) in [5.41, 5.74) is 28.4. The Labute approximate surface area is 239 Å². The van der Waals surface area contributed by atoms with Crippen molar-refractivity contribution < 1.29 is 33.6 Å². The lowest BCUT2D eigenvalue weighted by molar-refractivity contribution is -0.324. The lowest BCUT2D eigenvalue weighted by Crippen LogP contribution is -2.63. The van der Waals surface area contributed by atoms with E-state index < -0.39 is 61.2 Å². The number of hydrogen-bond acceptors (Lipinski definition) is 9. The number of ether oxygens (including phenoxy) is 4. The molecule has 1 aliphatic carbocycles. The summed E-state index contributed by atoms with van der Waals surface area (Å²) in [6.45, 7) is -0.307. The van der Waals surface area contributed by atoms with Crippen LogP contribution in [0.4, 0.5) is 4.39 Å². The van der Waals surface area contributed by atoms with Gasteiger partial charge in [0.1, 0.15) is 18.3 Å². The molecule has 0 amide bonds. The van der Waals surface area contributed by atoms with Crippen LogP contribution in [0.25, 0.3) is 31.3 Å². The van der Waals surface area contributed by atoms with Crippen molar-refractivity contribution in [2.24, 2.45) is 15.3 Å². The number of rotatable bonds is 12. The summed E-state index contributed by atoms with van der Waals surface area (Å²) in [4.78, 5) is 8.21. The second-order valence-corrected chi connectivity index (χ2v) is 9.79. The lowest BCUT2D eigenvalue weighted by atomic mass is 9.84. The van der Waals surface area contributed by atoms with Crippen molar-refractivity contribution in [3.63, 3.8) is 0 Å². The standard InChI is InChI=1S/C26H30FN9O6/c27-20-24(39-13-15-7-3-1-4-8-15)19(12-31-34-28)41-26(25(20)40-14-16-9-5-2-6-10-16)42-23-18(33-36-30)11-17(32-35-29)21(37)22(23)38/h1-10,17-26,37-38H,11-14H2/t17?,18?,19-,20+,21+,22-,23-,24-,25-,26-/m1/s1. The first-order chi connectivity index (χ1) is 20.5. The SMILES string of the molecule is [N-]=[N+]=NC[C@H]1O[C@H](O[C@@H]2C(N=[N+]=[N-])CC(N=[N+]=[N-])[C@H](O)[C@H]2O)[C@H](OCc2ccccc2)[C@@H](F)[C@@H]1OCc1ccccc1. The van der Waals surface area contributed by atoms with E-state index in [0.717, 1.165) is 11.1 Å². The van der Waals surface area contributed by atoms with E-state index in [4.69, 9.17) is 35.5 Å². The first-order valence-electron chi connectivity index (χ1n) is 13.2. The summed E-state index contributed by atoms with van der Waals surface area (Å²) in [5, 5.41) is 32.1. The molecule has 10 atom stereocenters. The number of hydrogen-bond donors (Lipinski definition) is 2. The van der Waals surface area contributed by atoms with E-state index in [2.05, 4.69) is 30.1 Å². The average Bonchev–Trinajstić information content (AvgIpc) is 3.01. The van der Waals surface area contributed by atoms with Crippen LogP contribution in [0.2, 0.25) is 0 Å². The monoisotopic (exact) mass is 583 g/mol. The predicted molar refractivity (Wildman–Crippen MR) is 145 cm³/mol. The van der Waals surface area contributed by atoms with Gasteiger partial charge in [-0.1, -0.05) is 76.0 Å². The summed E-state index contributed by atoms with van der Waals surface area (Å²) in [6.07, 6.45) is -11.9. The van der Waals surface area contributed by atoms with E-state index in [1.165, 1.54) is 0 Å². The van der Waals surface area contributed by atoms with Crippen LogP contribution in [0.3, 0.4) is 0 Å². The molecular formula is C26H30FN9O6. The van der Waals surface area contributed by atoms with Crippen molar-refractivity contribution in [1.29, 1.82) is 0 Å². The predicted octanol–water partition coefficient (Wildman–Crippen LogP) is 4.40. The van der Waals surface area contributed by atoms with Gasteiger partial charge in [0, 0.05) is 14.7 Å². The van der Waals surface area contributed by atoms with Crippen LogP contribution in [0.5, 0.6) is 0 Å². The van der Waals surface area contributed by atoms with E-state index in [0.29, 0.717) is 0 Å². The van der Waals surface area contributed by atoms with Gasteiger partial charge in [0.2, 0.25) is 0 Å². The van der Waals surface area contributed by atoms with E-state index in [1.54, 1.807) is 24.3 Å². The number of aliphatic hydroxyl groups excluding tert-OH is 2. The number of aliphatic hydroxyl groups is 2. The molecule has 2 fully saturated rings. The molecule has 0 spiro atoms. The van der Waals surface area contributed by atoms with Crippen LogP contribution in [-0.2, 0) is 32.2 Å². The Morgan fingerprint density at radius 3 is 1.93 bits per heavy atom. The van der Waals surface area contributed by atoms with Crippen LogP contribution < -0.4 is 0 Å². The van der Waals surface area contributed by atoms with Gasteiger partial charge in [0.05, 0.1) is 50.2 Å². The van der Waals surface area contributed by atoms with Crippen molar-refractivity contribution in [2.75, 3.05) is 6.54 Å². The Bertz CT molecular complexity index is 1290. The van der Waals surface area contributed by atoms with Crippen LogP contribution in [0.15, 0.2) is 76.0 Å². The number of alkyl halides is 1. The molecule has 16 heteroatoms. The van der Waals surface area contributed by atoms with E-state index in [9.17, 15) is 10.2 Å². The summed E-state index contributed by atoms with van der Waals surface area (Å²) >= 11 is 0. The highest BCUT2D eigenvalue weighted by molar-refractivity contribution is 5.14. The van der Waals surface area contributed by atoms with Gasteiger partial charge < -0.3 is 29.2 Å². The van der Waals surface area contributed by atoms with Gasteiger partial charge in [-0.3, -0.25) is 0 Å². The Morgan fingerprint density at radius 1 is 0.786 bits per heavy atom. The van der Waals surface area contributed by atoms with Gasteiger partial charge in [0.15, 0.2) is 12.5 Å². The fourth-order valence-electron chi connectivity index (χ4n) is 5.00. The van der Waals surface area contributed by atoms with Crippen molar-refractivity contribution in [2.45, 2.75) is 80.8 Å². The molecule has 2 aliphatic rings. The van der Waals surface area contributed by atoms with Crippen LogP contribution in [-0.4, -0.2) is 77.9 Å². The molecule has 0 radical (unpaired) electrons. The first kappa shape index (κ1) is 31.0. The van der Waals surface area contributed by atoms with Gasteiger partial charge in [0.25, 0.3) is 0 Å². The fraction of sp³-hybridized carbons (Fsp3) is 0.538. The van der Waals surface area contributed by atoms with E-state index in [1.807, 2.05) is 36.4 Å². The molecule has 1 aliphatic heterocycles. The van der Waals surface area contributed by atoms with Crippen LogP contribution in [0.1, 0.15) is 17.5 Å². The number of azide groups is 3. The molecule has 0 aromatic heterocycles. The molecule has 42 heavy (non-hydrogen) atoms. The Kier molecular flexibility index (Phi) is 11.3. The quantitative estimate of drug-likeness (QED) is 0.209. The lowest BCUT2D eigenvalue weighted by Gasteiger charge is -2.46. The molecular weight excluding hydrogens is 553 g/mol. The second-order valence-electron chi connectivity index (χ2n) is 9.79. The molecule has 2 N–H and O–H groups in total. The largest absolute Gasteiger partial charge is 0.390 e. The highest BCUT2D eigenvalue weighted by atomic mass is 19.1. The fourth-order valence-corrected chi connectivity index (χ4v) is 5.00. The molecule has 1 saturated heterocycles. The average molecular weight is 584 g/mol. The third kappa shape index (κ3) is 7.66. The Morgan fingerprint density at radius 2 is 1.36 bits per heavy atom. The highest BCUT2D eigenvalue weighted by Gasteiger charge is 2.52. The van der Waals surface area contributed by atoms with E-state index in [-0.39, 0.29) is 26.2 Å². The molecule has 1 saturated carbocycles. The van der Waals surface area contributed by atoms with Crippen LogP contribution in [0, 0.1) is 0 Å². The minimum atomic E-state index is -1.87. The third-order valence-corrected chi connectivity index (χ3v) is 7.10. The zero-order valence-corrected chi connectivity index (χ0v) is 22.3. The van der Waals surface area contributed by atoms with Gasteiger partial charge in [-0.25, -0.2) is 4.39 Å². The molecule has 222 valence electrons. The third-order valence-electron chi connectivity index (χ3n) is 7.10. The molecule has 2 aromatic carbocycles. The van der Waals surface area contributed by atoms with Gasteiger partial charge in [-0.15, -0.1) is 0 Å². The molecule has 0 bridgehead atoms. The van der Waals surface area contributed by atoms with Crippen molar-refractivity contribution in [1.82, 2.24) is 0 Å². The highest BCUT2D eigenvalue weighted by Crippen LogP contribution is 2.35. The maximum Gasteiger partial charge on any atom is 0.187 e. The van der Waals surface area contributed by atoms with Gasteiger partial charge in [-0.2, -0.15) is 0 Å². The molecule has 2 aromatic rings. The molecule has 2 unspecified atom stereocenters. The molecule has 4 rings (SSSR count). The second kappa shape index (κ2) is 15.3. The maximum absolute atomic E-state index is 16.4. The summed E-state index contributed by atoms with van der Waals surface area (Å²) in [7, 11) is 0. The normalized spacial score (nSPS) is 32.5. The summed E-state index contributed by atoms with van der Waals surface area (Å²) < 4.78 is 40.4. The van der Waals surface area contributed by atoms with Gasteiger partial charge in [-0.05, 0) is 34.1 Å². The first-order valence-corrected chi connectivity index (χ1v) is 13.2. The van der Waals surface area contributed by atoms with Crippen molar-refractivity contribution >= 4 is 0 Å². The zero-order chi connectivity index (χ0) is 29.9. The van der Waals surface area contributed by atoms with Gasteiger partial charge >= 0.3 is 0 Å². The van der Waals surface area contributed by atoms with Crippen molar-refractivity contribution in [3.05, 3.63) is 103 Å². The number of benzene rings is 2. The summed E-state index contributed by atoms with van der Waals surface area (Å²) in [6, 6.07) is 15.9. The van der Waals surface area contributed by atoms with Crippen molar-refractivity contribution in [3.8, 4) is 0 Å². The minimum Gasteiger partial charge on any atom is -0.390 e. The molecule has 1 heterocycles. The Hall–Kier alpha value is -3.94. The topological polar surface area (TPSA) is 224 Å². The Balaban J connectivity index is 1.62. The number of halogens is 1. The molecule has 15 nitrogen and oxygen atoms in total. The summed E-state index contributed by atoms with van der Waals surface area (Å²) in [5.74, 6) is 0. The van der Waals surface area contributed by atoms with Crippen LogP contribution >= 0.6 is 0 Å².